The molecule has 0 spiro atoms. The van der Waals surface area contributed by atoms with E-state index in [-0.39, 0.29) is 4.90 Å². The highest BCUT2D eigenvalue weighted by atomic mass is 32.1. The van der Waals surface area contributed by atoms with Crippen LogP contribution < -0.4 is 0 Å². The van der Waals surface area contributed by atoms with Crippen molar-refractivity contribution in [3.63, 3.8) is 0 Å². The van der Waals surface area contributed by atoms with Crippen LogP contribution >= 0.6 is 12.6 Å². The molecule has 0 saturated heterocycles. The summed E-state index contributed by atoms with van der Waals surface area (Å²) in [5.74, 6) is -2.60. The van der Waals surface area contributed by atoms with Crippen molar-refractivity contribution in [3.05, 3.63) is 33.6 Å². The van der Waals surface area contributed by atoms with Gasteiger partial charge in [0.15, 0.2) is 0 Å². The molecular formula is C7H4FNO4S. The fourth-order valence-electron chi connectivity index (χ4n) is 0.861. The minimum absolute atomic E-state index is 0.211. The Bertz CT molecular complexity index is 385. The van der Waals surface area contributed by atoms with Gasteiger partial charge in [-0.2, -0.15) is 0 Å². The summed E-state index contributed by atoms with van der Waals surface area (Å²) < 4.78 is 12.9. The number of benzene rings is 1. The van der Waals surface area contributed by atoms with Crippen LogP contribution in [0, 0.1) is 15.9 Å². The van der Waals surface area contributed by atoms with Gasteiger partial charge in [0.1, 0.15) is 11.4 Å². The van der Waals surface area contributed by atoms with Crippen LogP contribution in [0.15, 0.2) is 17.0 Å². The average Bonchev–Trinajstić information content (AvgIpc) is 2.02. The van der Waals surface area contributed by atoms with Crippen molar-refractivity contribution in [2.24, 2.45) is 0 Å². The largest absolute Gasteiger partial charge is 0.478 e. The summed E-state index contributed by atoms with van der Waals surface area (Å²) in [7, 11) is 0. The first kappa shape index (κ1) is 10.5. The number of rotatable bonds is 2. The summed E-state index contributed by atoms with van der Waals surface area (Å²) in [6, 6.07) is 1.34. The van der Waals surface area contributed by atoms with E-state index in [0.717, 1.165) is 0 Å². The Balaban J connectivity index is 3.42. The lowest BCUT2D eigenvalue weighted by atomic mass is 10.2. The third kappa shape index (κ3) is 1.82. The number of thiol groups is 1. The van der Waals surface area contributed by atoms with E-state index in [2.05, 4.69) is 12.6 Å². The minimum Gasteiger partial charge on any atom is -0.478 e. The number of carboxylic acids is 1. The Morgan fingerprint density at radius 3 is 2.57 bits per heavy atom. The second kappa shape index (κ2) is 3.62. The number of carboxylic acid groups (broad SMARTS) is 1. The summed E-state index contributed by atoms with van der Waals surface area (Å²) in [4.78, 5) is 19.7. The second-order valence-corrected chi connectivity index (χ2v) is 2.86. The van der Waals surface area contributed by atoms with E-state index in [4.69, 9.17) is 5.11 Å². The highest BCUT2D eigenvalue weighted by Gasteiger charge is 2.19. The number of nitrogens with zero attached hydrogens (tertiary/aromatic N) is 1. The van der Waals surface area contributed by atoms with Crippen molar-refractivity contribution in [2.75, 3.05) is 0 Å². The fourth-order valence-corrected chi connectivity index (χ4v) is 1.12. The first-order valence-electron chi connectivity index (χ1n) is 3.33. The first-order chi connectivity index (χ1) is 6.43. The zero-order chi connectivity index (χ0) is 10.9. The molecule has 5 nitrogen and oxygen atoms in total. The zero-order valence-corrected chi connectivity index (χ0v) is 7.49. The molecule has 74 valence electrons. The van der Waals surface area contributed by atoms with Crippen molar-refractivity contribution in [2.45, 2.75) is 4.90 Å². The lowest BCUT2D eigenvalue weighted by Gasteiger charge is -1.99. The van der Waals surface area contributed by atoms with E-state index in [0.29, 0.717) is 12.1 Å². The molecule has 0 fully saturated rings. The van der Waals surface area contributed by atoms with Gasteiger partial charge in [0.2, 0.25) is 0 Å². The molecule has 1 N–H and O–H groups in total. The molecule has 0 aromatic heterocycles. The maximum absolute atomic E-state index is 12.9. The summed E-state index contributed by atoms with van der Waals surface area (Å²) in [6.07, 6.45) is 0. The highest BCUT2D eigenvalue weighted by Crippen LogP contribution is 2.25. The van der Waals surface area contributed by atoms with Gasteiger partial charge in [-0.3, -0.25) is 10.1 Å². The highest BCUT2D eigenvalue weighted by molar-refractivity contribution is 7.80. The van der Waals surface area contributed by atoms with E-state index in [1.54, 1.807) is 0 Å². The first-order valence-corrected chi connectivity index (χ1v) is 3.78. The Morgan fingerprint density at radius 2 is 2.14 bits per heavy atom. The molecule has 14 heavy (non-hydrogen) atoms. The summed E-state index contributed by atoms with van der Waals surface area (Å²) in [5, 5.41) is 18.8. The van der Waals surface area contributed by atoms with Crippen LogP contribution in [0.5, 0.6) is 0 Å². The number of aromatic carboxylic acids is 1. The van der Waals surface area contributed by atoms with E-state index in [9.17, 15) is 19.3 Å². The van der Waals surface area contributed by atoms with E-state index in [1.807, 2.05) is 0 Å². The van der Waals surface area contributed by atoms with Crippen molar-refractivity contribution >= 4 is 24.3 Å². The minimum atomic E-state index is -1.56. The van der Waals surface area contributed by atoms with E-state index in [1.165, 1.54) is 0 Å². The van der Waals surface area contributed by atoms with Crippen molar-refractivity contribution in [3.8, 4) is 0 Å². The zero-order valence-electron chi connectivity index (χ0n) is 6.60. The fraction of sp³-hybridized carbons (Fsp3) is 0. The molecule has 1 aromatic rings. The van der Waals surface area contributed by atoms with Crippen LogP contribution in [0.25, 0.3) is 0 Å². The maximum Gasteiger partial charge on any atom is 0.338 e. The molecular weight excluding hydrogens is 213 g/mol. The normalized spacial score (nSPS) is 9.86. The number of nitro groups is 1. The van der Waals surface area contributed by atoms with Crippen LogP contribution in [-0.4, -0.2) is 16.0 Å². The van der Waals surface area contributed by atoms with Gasteiger partial charge in [-0.1, -0.05) is 0 Å². The molecule has 0 aliphatic heterocycles. The predicted molar refractivity (Wildman–Crippen MR) is 47.3 cm³/mol. The van der Waals surface area contributed by atoms with Crippen molar-refractivity contribution < 1.29 is 19.2 Å². The standard InChI is InChI=1S/C7H4FNO4S/c8-4-2-6(14)5(9(12)13)1-3(4)7(10)11/h1-2,14H,(H,10,11). The van der Waals surface area contributed by atoms with Gasteiger partial charge in [0, 0.05) is 6.07 Å². The molecule has 0 aliphatic rings. The molecule has 0 radical (unpaired) electrons. The van der Waals surface area contributed by atoms with E-state index >= 15 is 0 Å². The van der Waals surface area contributed by atoms with Gasteiger partial charge in [-0.15, -0.1) is 12.6 Å². The van der Waals surface area contributed by atoms with Crippen molar-refractivity contribution in [1.82, 2.24) is 0 Å². The summed E-state index contributed by atoms with van der Waals surface area (Å²) in [5.41, 5.74) is -1.28. The van der Waals surface area contributed by atoms with Gasteiger partial charge in [-0.25, -0.2) is 9.18 Å². The predicted octanol–water partition coefficient (Wildman–Crippen LogP) is 1.72. The average molecular weight is 217 g/mol. The van der Waals surface area contributed by atoms with Gasteiger partial charge in [0.25, 0.3) is 5.69 Å². The summed E-state index contributed by atoms with van der Waals surface area (Å²) >= 11 is 3.65. The monoisotopic (exact) mass is 217 g/mol. The molecule has 0 aliphatic carbocycles. The maximum atomic E-state index is 12.9. The van der Waals surface area contributed by atoms with Crippen LogP contribution in [0.1, 0.15) is 10.4 Å². The Kier molecular flexibility index (Phi) is 2.70. The molecule has 0 amide bonds. The molecule has 0 heterocycles. The topological polar surface area (TPSA) is 80.4 Å². The number of carbonyl (C=O) groups is 1. The van der Waals surface area contributed by atoms with E-state index < -0.39 is 28.0 Å². The Labute approximate surface area is 82.7 Å². The van der Waals surface area contributed by atoms with Crippen LogP contribution in [-0.2, 0) is 0 Å². The molecule has 1 aromatic carbocycles. The molecule has 7 heteroatoms. The molecule has 0 unspecified atom stereocenters. The smallest absolute Gasteiger partial charge is 0.338 e. The number of nitro benzene ring substituents is 1. The molecule has 1 rings (SSSR count). The lowest BCUT2D eigenvalue weighted by Crippen LogP contribution is -2.02. The molecule has 0 bridgehead atoms. The molecule has 0 atom stereocenters. The third-order valence-electron chi connectivity index (χ3n) is 1.49. The summed E-state index contributed by atoms with van der Waals surface area (Å²) in [6.45, 7) is 0. The van der Waals surface area contributed by atoms with Gasteiger partial charge in [0.05, 0.1) is 9.82 Å². The third-order valence-corrected chi connectivity index (χ3v) is 1.85. The van der Waals surface area contributed by atoms with Gasteiger partial charge >= 0.3 is 5.97 Å². The number of hydrogen-bond donors (Lipinski definition) is 2. The van der Waals surface area contributed by atoms with Gasteiger partial charge in [-0.05, 0) is 6.07 Å². The number of hydrogen-bond acceptors (Lipinski definition) is 4. The van der Waals surface area contributed by atoms with Gasteiger partial charge < -0.3 is 5.11 Å². The quantitative estimate of drug-likeness (QED) is 0.449. The Morgan fingerprint density at radius 1 is 1.57 bits per heavy atom. The van der Waals surface area contributed by atoms with Crippen LogP contribution in [0.3, 0.4) is 0 Å². The lowest BCUT2D eigenvalue weighted by molar-refractivity contribution is -0.387. The second-order valence-electron chi connectivity index (χ2n) is 2.38. The van der Waals surface area contributed by atoms with Crippen LogP contribution in [0.2, 0.25) is 0 Å². The van der Waals surface area contributed by atoms with Crippen molar-refractivity contribution in [1.29, 1.82) is 0 Å². The number of halogens is 1. The Hall–Kier alpha value is -1.63. The molecule has 0 saturated carbocycles. The SMILES string of the molecule is O=C(O)c1cc([N+](=O)[O-])c(S)cc1F. The van der Waals surface area contributed by atoms with Crippen LogP contribution in [0.4, 0.5) is 10.1 Å².